The van der Waals surface area contributed by atoms with Crippen molar-refractivity contribution >= 4 is 0 Å². The molecule has 3 heteroatoms. The predicted octanol–water partition coefficient (Wildman–Crippen LogP) is 1.73. The van der Waals surface area contributed by atoms with Gasteiger partial charge in [-0.05, 0) is 32.7 Å². The molecule has 3 nitrogen and oxygen atoms in total. The van der Waals surface area contributed by atoms with Crippen molar-refractivity contribution in [3.05, 3.63) is 0 Å². The van der Waals surface area contributed by atoms with Crippen LogP contribution in [0.3, 0.4) is 0 Å². The Morgan fingerprint density at radius 1 is 1.38 bits per heavy atom. The van der Waals surface area contributed by atoms with Crippen LogP contribution in [0.25, 0.3) is 0 Å². The lowest BCUT2D eigenvalue weighted by molar-refractivity contribution is 0.115. The van der Waals surface area contributed by atoms with E-state index in [2.05, 4.69) is 38.0 Å². The van der Waals surface area contributed by atoms with Crippen LogP contribution in [-0.2, 0) is 4.74 Å². The first-order valence-corrected chi connectivity index (χ1v) is 6.49. The molecule has 1 heterocycles. The molecular weight excluding hydrogens is 200 g/mol. The van der Waals surface area contributed by atoms with Gasteiger partial charge in [0.25, 0.3) is 0 Å². The summed E-state index contributed by atoms with van der Waals surface area (Å²) in [6, 6.07) is 1.27. The number of rotatable bonds is 6. The fourth-order valence-electron chi connectivity index (χ4n) is 2.49. The third kappa shape index (κ3) is 4.40. The molecule has 0 spiro atoms. The Kier molecular flexibility index (Phi) is 5.73. The van der Waals surface area contributed by atoms with Crippen molar-refractivity contribution < 1.29 is 4.74 Å². The molecule has 1 N–H and O–H groups in total. The average molecular weight is 228 g/mol. The summed E-state index contributed by atoms with van der Waals surface area (Å²) in [6.45, 7) is 9.04. The fourth-order valence-corrected chi connectivity index (χ4v) is 2.49. The van der Waals surface area contributed by atoms with E-state index in [-0.39, 0.29) is 0 Å². The minimum Gasteiger partial charge on any atom is -0.380 e. The van der Waals surface area contributed by atoms with Crippen molar-refractivity contribution in [2.45, 2.75) is 51.8 Å². The lowest BCUT2D eigenvalue weighted by Gasteiger charge is -2.28. The van der Waals surface area contributed by atoms with Gasteiger partial charge in [0, 0.05) is 32.3 Å². The highest BCUT2D eigenvalue weighted by atomic mass is 16.5. The zero-order valence-electron chi connectivity index (χ0n) is 11.5. The van der Waals surface area contributed by atoms with Gasteiger partial charge in [-0.3, -0.25) is 0 Å². The van der Waals surface area contributed by atoms with E-state index < -0.39 is 0 Å². The van der Waals surface area contributed by atoms with Crippen molar-refractivity contribution in [2.24, 2.45) is 5.92 Å². The molecule has 0 amide bonds. The van der Waals surface area contributed by atoms with Gasteiger partial charge in [0.2, 0.25) is 0 Å². The molecular formula is C13H28N2O. The molecule has 3 unspecified atom stereocenters. The third-order valence-electron chi connectivity index (χ3n) is 3.59. The Hall–Kier alpha value is -0.120. The number of methoxy groups -OCH3 is 1. The van der Waals surface area contributed by atoms with Crippen molar-refractivity contribution in [1.82, 2.24) is 10.2 Å². The quantitative estimate of drug-likeness (QED) is 0.749. The van der Waals surface area contributed by atoms with Gasteiger partial charge in [-0.1, -0.05) is 13.8 Å². The SMILES string of the molecule is COC1CNC(CN(C)C(C)CC(C)C)C1. The molecule has 0 aromatic carbocycles. The van der Waals surface area contributed by atoms with Crippen LogP contribution in [0.1, 0.15) is 33.6 Å². The maximum atomic E-state index is 5.37. The van der Waals surface area contributed by atoms with Crippen LogP contribution in [0.5, 0.6) is 0 Å². The van der Waals surface area contributed by atoms with E-state index >= 15 is 0 Å². The summed E-state index contributed by atoms with van der Waals surface area (Å²) in [6.07, 6.45) is 2.84. The van der Waals surface area contributed by atoms with Gasteiger partial charge in [0.05, 0.1) is 6.10 Å². The highest BCUT2D eigenvalue weighted by Crippen LogP contribution is 2.14. The van der Waals surface area contributed by atoms with Crippen LogP contribution in [-0.4, -0.2) is 50.3 Å². The molecule has 1 fully saturated rings. The Morgan fingerprint density at radius 3 is 2.56 bits per heavy atom. The largest absolute Gasteiger partial charge is 0.380 e. The van der Waals surface area contributed by atoms with Gasteiger partial charge in [0.15, 0.2) is 0 Å². The molecule has 0 saturated carbocycles. The van der Waals surface area contributed by atoms with E-state index in [0.717, 1.165) is 25.4 Å². The van der Waals surface area contributed by atoms with Crippen LogP contribution in [0.2, 0.25) is 0 Å². The van der Waals surface area contributed by atoms with Crippen LogP contribution in [0.15, 0.2) is 0 Å². The number of ether oxygens (including phenoxy) is 1. The smallest absolute Gasteiger partial charge is 0.0711 e. The average Bonchev–Trinajstić information content (AvgIpc) is 2.64. The van der Waals surface area contributed by atoms with E-state index in [1.165, 1.54) is 6.42 Å². The number of hydrogen-bond donors (Lipinski definition) is 1. The molecule has 1 saturated heterocycles. The number of likely N-dealkylation sites (N-methyl/N-ethyl adjacent to an activating group) is 1. The van der Waals surface area contributed by atoms with Gasteiger partial charge < -0.3 is 15.0 Å². The normalized spacial score (nSPS) is 27.9. The van der Waals surface area contributed by atoms with Crippen LogP contribution in [0.4, 0.5) is 0 Å². The molecule has 3 atom stereocenters. The Bertz CT molecular complexity index is 196. The monoisotopic (exact) mass is 228 g/mol. The van der Waals surface area contributed by atoms with Crippen molar-refractivity contribution in [1.29, 1.82) is 0 Å². The maximum Gasteiger partial charge on any atom is 0.0711 e. The lowest BCUT2D eigenvalue weighted by atomic mass is 10.0. The highest BCUT2D eigenvalue weighted by molar-refractivity contribution is 4.84. The second-order valence-electron chi connectivity index (χ2n) is 5.62. The van der Waals surface area contributed by atoms with E-state index in [0.29, 0.717) is 18.2 Å². The molecule has 1 aliphatic rings. The van der Waals surface area contributed by atoms with E-state index in [1.54, 1.807) is 7.11 Å². The molecule has 0 aromatic rings. The first-order chi connectivity index (χ1) is 7.52. The number of hydrogen-bond acceptors (Lipinski definition) is 3. The van der Waals surface area contributed by atoms with Crippen molar-refractivity contribution in [2.75, 3.05) is 27.2 Å². The molecule has 0 radical (unpaired) electrons. The van der Waals surface area contributed by atoms with E-state index in [1.807, 2.05) is 0 Å². The summed E-state index contributed by atoms with van der Waals surface area (Å²) in [5.41, 5.74) is 0. The van der Waals surface area contributed by atoms with Gasteiger partial charge in [-0.15, -0.1) is 0 Å². The minimum absolute atomic E-state index is 0.416. The zero-order chi connectivity index (χ0) is 12.1. The molecule has 1 aliphatic heterocycles. The molecule has 0 aromatic heterocycles. The minimum atomic E-state index is 0.416. The fraction of sp³-hybridized carbons (Fsp3) is 1.00. The second-order valence-corrected chi connectivity index (χ2v) is 5.62. The molecule has 0 aliphatic carbocycles. The van der Waals surface area contributed by atoms with Crippen LogP contribution >= 0.6 is 0 Å². The van der Waals surface area contributed by atoms with Crippen molar-refractivity contribution in [3.63, 3.8) is 0 Å². The van der Waals surface area contributed by atoms with Crippen LogP contribution < -0.4 is 5.32 Å². The van der Waals surface area contributed by atoms with Crippen molar-refractivity contribution in [3.8, 4) is 0 Å². The first kappa shape index (κ1) is 13.9. The van der Waals surface area contributed by atoms with Crippen LogP contribution in [0, 0.1) is 5.92 Å². The molecule has 96 valence electrons. The summed E-state index contributed by atoms with van der Waals surface area (Å²) in [5, 5.41) is 3.53. The lowest BCUT2D eigenvalue weighted by Crippen LogP contribution is -2.40. The zero-order valence-corrected chi connectivity index (χ0v) is 11.5. The molecule has 16 heavy (non-hydrogen) atoms. The second kappa shape index (κ2) is 6.58. The predicted molar refractivity (Wildman–Crippen MR) is 68.8 cm³/mol. The Balaban J connectivity index is 2.26. The summed E-state index contributed by atoms with van der Waals surface area (Å²) in [7, 11) is 4.04. The Labute approximate surface area is 101 Å². The molecule has 1 rings (SSSR count). The summed E-state index contributed by atoms with van der Waals surface area (Å²) >= 11 is 0. The maximum absolute atomic E-state index is 5.37. The van der Waals surface area contributed by atoms with Gasteiger partial charge in [-0.25, -0.2) is 0 Å². The topological polar surface area (TPSA) is 24.5 Å². The first-order valence-electron chi connectivity index (χ1n) is 6.49. The highest BCUT2D eigenvalue weighted by Gasteiger charge is 2.25. The summed E-state index contributed by atoms with van der Waals surface area (Å²) in [4.78, 5) is 2.47. The number of nitrogens with one attached hydrogen (secondary N) is 1. The van der Waals surface area contributed by atoms with Gasteiger partial charge in [-0.2, -0.15) is 0 Å². The van der Waals surface area contributed by atoms with Gasteiger partial charge >= 0.3 is 0 Å². The van der Waals surface area contributed by atoms with Gasteiger partial charge in [0.1, 0.15) is 0 Å². The molecule has 0 bridgehead atoms. The summed E-state index contributed by atoms with van der Waals surface area (Å²) in [5.74, 6) is 0.778. The number of nitrogens with zero attached hydrogens (tertiary/aromatic N) is 1. The standard InChI is InChI=1S/C13H28N2O/c1-10(2)6-11(3)15(4)9-12-7-13(16-5)8-14-12/h10-14H,6-9H2,1-5H3. The summed E-state index contributed by atoms with van der Waals surface area (Å²) < 4.78 is 5.37. The van der Waals surface area contributed by atoms with E-state index in [4.69, 9.17) is 4.74 Å². The van der Waals surface area contributed by atoms with E-state index in [9.17, 15) is 0 Å². The Morgan fingerprint density at radius 2 is 2.06 bits per heavy atom. The third-order valence-corrected chi connectivity index (χ3v) is 3.59.